The van der Waals surface area contributed by atoms with Crippen molar-refractivity contribution in [1.29, 1.82) is 0 Å². The van der Waals surface area contributed by atoms with Crippen molar-refractivity contribution in [2.75, 3.05) is 13.1 Å². The number of likely N-dealkylation sites (tertiary alicyclic amines) is 1. The SMILES string of the molecule is CCC(C)C1CCC(CC2CCN(C(C)C)CC2)CC1. The van der Waals surface area contributed by atoms with Crippen LogP contribution >= 0.6 is 0 Å². The maximum absolute atomic E-state index is 2.66. The monoisotopic (exact) mass is 279 g/mol. The Balaban J connectivity index is 1.66. The highest BCUT2D eigenvalue weighted by Gasteiger charge is 2.28. The van der Waals surface area contributed by atoms with Crippen LogP contribution in [0.3, 0.4) is 0 Å². The fourth-order valence-electron chi connectivity index (χ4n) is 4.50. The van der Waals surface area contributed by atoms with E-state index in [0.29, 0.717) is 0 Å². The standard InChI is InChI=1S/C19H37N/c1-5-16(4)19-8-6-17(7-9-19)14-18-10-12-20(13-11-18)15(2)3/h15-19H,5-14H2,1-4H3. The van der Waals surface area contributed by atoms with E-state index in [0.717, 1.165) is 29.7 Å². The Bertz CT molecular complexity index is 257. The van der Waals surface area contributed by atoms with Crippen LogP contribution in [0.4, 0.5) is 0 Å². The van der Waals surface area contributed by atoms with Crippen LogP contribution in [0.5, 0.6) is 0 Å². The molecule has 0 aromatic rings. The lowest BCUT2D eigenvalue weighted by atomic mass is 9.72. The number of hydrogen-bond donors (Lipinski definition) is 0. The summed E-state index contributed by atoms with van der Waals surface area (Å²) in [4.78, 5) is 2.66. The zero-order valence-corrected chi connectivity index (χ0v) is 14.4. The summed E-state index contributed by atoms with van der Waals surface area (Å²) >= 11 is 0. The van der Waals surface area contributed by atoms with Crippen LogP contribution in [-0.4, -0.2) is 24.0 Å². The van der Waals surface area contributed by atoms with E-state index in [9.17, 15) is 0 Å². The molecule has 0 aromatic carbocycles. The Labute approximate surface area is 127 Å². The highest BCUT2D eigenvalue weighted by molar-refractivity contribution is 4.80. The molecule has 1 heteroatoms. The zero-order valence-electron chi connectivity index (χ0n) is 14.4. The van der Waals surface area contributed by atoms with Crippen LogP contribution in [0.25, 0.3) is 0 Å². The molecule has 2 rings (SSSR count). The quantitative estimate of drug-likeness (QED) is 0.655. The normalized spacial score (nSPS) is 31.6. The molecule has 1 saturated carbocycles. The van der Waals surface area contributed by atoms with Gasteiger partial charge in [-0.25, -0.2) is 0 Å². The molecule has 20 heavy (non-hydrogen) atoms. The third-order valence-corrected chi connectivity index (χ3v) is 6.39. The second-order valence-electron chi connectivity index (χ2n) is 7.98. The maximum Gasteiger partial charge on any atom is 0.00385 e. The van der Waals surface area contributed by atoms with Crippen LogP contribution in [0.2, 0.25) is 0 Å². The predicted molar refractivity (Wildman–Crippen MR) is 89.0 cm³/mol. The lowest BCUT2D eigenvalue weighted by molar-refractivity contribution is 0.122. The van der Waals surface area contributed by atoms with Crippen LogP contribution in [-0.2, 0) is 0 Å². The largest absolute Gasteiger partial charge is 0.301 e. The second-order valence-corrected chi connectivity index (χ2v) is 7.98. The van der Waals surface area contributed by atoms with E-state index in [4.69, 9.17) is 0 Å². The molecule has 1 heterocycles. The number of nitrogens with zero attached hydrogens (tertiary/aromatic N) is 1. The Hall–Kier alpha value is -0.0400. The highest BCUT2D eigenvalue weighted by atomic mass is 15.1. The fourth-order valence-corrected chi connectivity index (χ4v) is 4.50. The molecule has 0 N–H and O–H groups in total. The molecule has 0 spiro atoms. The van der Waals surface area contributed by atoms with Gasteiger partial charge in [-0.3, -0.25) is 0 Å². The molecule has 1 atom stereocenters. The van der Waals surface area contributed by atoms with Crippen LogP contribution < -0.4 is 0 Å². The van der Waals surface area contributed by atoms with Gasteiger partial charge in [-0.15, -0.1) is 0 Å². The van der Waals surface area contributed by atoms with Crippen LogP contribution in [0.15, 0.2) is 0 Å². The first-order valence-electron chi connectivity index (χ1n) is 9.34. The van der Waals surface area contributed by atoms with Crippen molar-refractivity contribution < 1.29 is 0 Å². The van der Waals surface area contributed by atoms with E-state index in [2.05, 4.69) is 32.6 Å². The second kappa shape index (κ2) is 7.82. The van der Waals surface area contributed by atoms with Gasteiger partial charge in [0, 0.05) is 6.04 Å². The van der Waals surface area contributed by atoms with Gasteiger partial charge in [0.15, 0.2) is 0 Å². The summed E-state index contributed by atoms with van der Waals surface area (Å²) in [5.41, 5.74) is 0. The Morgan fingerprint density at radius 3 is 1.90 bits per heavy atom. The van der Waals surface area contributed by atoms with E-state index in [-0.39, 0.29) is 0 Å². The summed E-state index contributed by atoms with van der Waals surface area (Å²) in [6.45, 7) is 12.2. The molecule has 1 aliphatic heterocycles. The van der Waals surface area contributed by atoms with Crippen molar-refractivity contribution in [2.45, 2.75) is 85.1 Å². The first-order chi connectivity index (χ1) is 9.60. The van der Waals surface area contributed by atoms with E-state index in [1.54, 1.807) is 6.42 Å². The molecule has 0 radical (unpaired) electrons. The third kappa shape index (κ3) is 4.48. The minimum atomic E-state index is 0.752. The molecular formula is C19H37N. The van der Waals surface area contributed by atoms with Crippen LogP contribution in [0, 0.1) is 23.7 Å². The average Bonchev–Trinajstić information content (AvgIpc) is 2.48. The average molecular weight is 280 g/mol. The molecular weight excluding hydrogens is 242 g/mol. The molecule has 118 valence electrons. The minimum Gasteiger partial charge on any atom is -0.301 e. The van der Waals surface area contributed by atoms with Crippen molar-refractivity contribution in [2.24, 2.45) is 23.7 Å². The fraction of sp³-hybridized carbons (Fsp3) is 1.00. The molecule has 1 unspecified atom stereocenters. The Kier molecular flexibility index (Phi) is 6.39. The Morgan fingerprint density at radius 2 is 1.40 bits per heavy atom. The summed E-state index contributed by atoms with van der Waals surface area (Å²) in [6, 6.07) is 0.752. The first kappa shape index (κ1) is 16.3. The zero-order chi connectivity index (χ0) is 14.5. The number of hydrogen-bond acceptors (Lipinski definition) is 1. The van der Waals surface area contributed by atoms with Crippen molar-refractivity contribution in [1.82, 2.24) is 4.90 Å². The van der Waals surface area contributed by atoms with Gasteiger partial charge in [-0.1, -0.05) is 33.1 Å². The van der Waals surface area contributed by atoms with Crippen molar-refractivity contribution >= 4 is 0 Å². The molecule has 1 aliphatic carbocycles. The van der Waals surface area contributed by atoms with Gasteiger partial charge in [-0.05, 0) is 82.7 Å². The lowest BCUT2D eigenvalue weighted by Crippen LogP contribution is -2.39. The molecule has 1 saturated heterocycles. The number of rotatable bonds is 5. The van der Waals surface area contributed by atoms with Gasteiger partial charge in [0.1, 0.15) is 0 Å². The van der Waals surface area contributed by atoms with Gasteiger partial charge in [0.25, 0.3) is 0 Å². The summed E-state index contributed by atoms with van der Waals surface area (Å²) in [5.74, 6) is 4.10. The first-order valence-corrected chi connectivity index (χ1v) is 9.34. The maximum atomic E-state index is 2.66. The molecule has 0 aromatic heterocycles. The van der Waals surface area contributed by atoms with Gasteiger partial charge in [-0.2, -0.15) is 0 Å². The smallest absolute Gasteiger partial charge is 0.00385 e. The molecule has 2 fully saturated rings. The lowest BCUT2D eigenvalue weighted by Gasteiger charge is -2.38. The van der Waals surface area contributed by atoms with Gasteiger partial charge in [0.05, 0.1) is 0 Å². The molecule has 1 nitrogen and oxygen atoms in total. The van der Waals surface area contributed by atoms with E-state index in [1.807, 2.05) is 0 Å². The van der Waals surface area contributed by atoms with Crippen molar-refractivity contribution in [3.05, 3.63) is 0 Å². The molecule has 2 aliphatic rings. The minimum absolute atomic E-state index is 0.752. The van der Waals surface area contributed by atoms with Crippen molar-refractivity contribution in [3.63, 3.8) is 0 Å². The summed E-state index contributed by atoms with van der Waals surface area (Å²) in [6.07, 6.45) is 11.9. The predicted octanol–water partition coefficient (Wildman–Crippen LogP) is 5.35. The summed E-state index contributed by atoms with van der Waals surface area (Å²) in [7, 11) is 0. The molecule has 0 bridgehead atoms. The van der Waals surface area contributed by atoms with Crippen molar-refractivity contribution in [3.8, 4) is 0 Å². The van der Waals surface area contributed by atoms with Gasteiger partial charge < -0.3 is 4.90 Å². The van der Waals surface area contributed by atoms with Gasteiger partial charge in [0.2, 0.25) is 0 Å². The van der Waals surface area contributed by atoms with E-state index in [1.165, 1.54) is 58.0 Å². The van der Waals surface area contributed by atoms with Gasteiger partial charge >= 0.3 is 0 Å². The summed E-state index contributed by atoms with van der Waals surface area (Å²) < 4.78 is 0. The Morgan fingerprint density at radius 1 is 0.850 bits per heavy atom. The third-order valence-electron chi connectivity index (χ3n) is 6.39. The van der Waals surface area contributed by atoms with Crippen LogP contribution in [0.1, 0.15) is 79.1 Å². The highest BCUT2D eigenvalue weighted by Crippen LogP contribution is 2.38. The van der Waals surface area contributed by atoms with E-state index >= 15 is 0 Å². The molecule has 0 amide bonds. The van der Waals surface area contributed by atoms with E-state index < -0.39 is 0 Å². The topological polar surface area (TPSA) is 3.24 Å². The summed E-state index contributed by atoms with van der Waals surface area (Å²) in [5, 5.41) is 0. The number of piperidine rings is 1.